The standard InChI is InChI=1S/C22H27N3O4/c1-14-4-5-17(23)12-20(14)24-21(26)15-6-8-25(9-7-15)22(27)16-10-18(28-2)13-19(11-16)29-3/h4-5,10-13,15H,6-9,23H2,1-3H3,(H,24,26). The third-order valence-corrected chi connectivity index (χ3v) is 5.27. The fourth-order valence-corrected chi connectivity index (χ4v) is 3.47. The minimum Gasteiger partial charge on any atom is -0.497 e. The minimum atomic E-state index is -0.139. The maximum Gasteiger partial charge on any atom is 0.254 e. The van der Waals surface area contributed by atoms with E-state index in [9.17, 15) is 9.59 Å². The summed E-state index contributed by atoms with van der Waals surface area (Å²) in [6.07, 6.45) is 1.22. The van der Waals surface area contributed by atoms with Gasteiger partial charge in [-0.05, 0) is 49.6 Å². The average Bonchev–Trinajstić information content (AvgIpc) is 2.75. The first kappa shape index (κ1) is 20.5. The zero-order chi connectivity index (χ0) is 21.0. The third kappa shape index (κ3) is 4.80. The minimum absolute atomic E-state index is 0.0335. The Labute approximate surface area is 170 Å². The molecular formula is C22H27N3O4. The second-order valence-corrected chi connectivity index (χ2v) is 7.23. The van der Waals surface area contributed by atoms with Crippen LogP contribution in [0.1, 0.15) is 28.8 Å². The predicted molar refractivity (Wildman–Crippen MR) is 112 cm³/mol. The Morgan fingerprint density at radius 1 is 1.03 bits per heavy atom. The van der Waals surface area contributed by atoms with E-state index >= 15 is 0 Å². The Morgan fingerprint density at radius 3 is 2.24 bits per heavy atom. The summed E-state index contributed by atoms with van der Waals surface area (Å²) in [5, 5.41) is 2.97. The number of anilines is 2. The third-order valence-electron chi connectivity index (χ3n) is 5.27. The Morgan fingerprint density at radius 2 is 1.66 bits per heavy atom. The van der Waals surface area contributed by atoms with Gasteiger partial charge in [-0.2, -0.15) is 0 Å². The van der Waals surface area contributed by atoms with Crippen LogP contribution in [-0.2, 0) is 4.79 Å². The summed E-state index contributed by atoms with van der Waals surface area (Å²) in [5.74, 6) is 0.875. The van der Waals surface area contributed by atoms with Crippen LogP contribution < -0.4 is 20.5 Å². The molecule has 3 rings (SSSR count). The normalized spacial score (nSPS) is 14.4. The molecule has 1 aliphatic rings. The summed E-state index contributed by atoms with van der Waals surface area (Å²) in [7, 11) is 3.10. The molecule has 2 aromatic carbocycles. The van der Waals surface area contributed by atoms with Crippen molar-refractivity contribution < 1.29 is 19.1 Å². The van der Waals surface area contributed by atoms with Gasteiger partial charge >= 0.3 is 0 Å². The van der Waals surface area contributed by atoms with Gasteiger partial charge in [0.1, 0.15) is 11.5 Å². The summed E-state index contributed by atoms with van der Waals surface area (Å²) in [4.78, 5) is 27.3. The zero-order valence-electron chi connectivity index (χ0n) is 17.0. The number of likely N-dealkylation sites (tertiary alicyclic amines) is 1. The number of nitrogens with zero attached hydrogens (tertiary/aromatic N) is 1. The lowest BCUT2D eigenvalue weighted by Crippen LogP contribution is -2.41. The van der Waals surface area contributed by atoms with Gasteiger partial charge < -0.3 is 25.4 Å². The van der Waals surface area contributed by atoms with Crippen molar-refractivity contribution in [2.24, 2.45) is 5.92 Å². The van der Waals surface area contributed by atoms with Gasteiger partial charge in [0.2, 0.25) is 5.91 Å². The number of nitrogen functional groups attached to an aromatic ring is 1. The fourth-order valence-electron chi connectivity index (χ4n) is 3.47. The number of hydrogen-bond acceptors (Lipinski definition) is 5. The van der Waals surface area contributed by atoms with Crippen LogP contribution in [0, 0.1) is 12.8 Å². The lowest BCUT2D eigenvalue weighted by atomic mass is 9.95. The van der Waals surface area contributed by atoms with E-state index in [2.05, 4.69) is 5.32 Å². The summed E-state index contributed by atoms with van der Waals surface area (Å²) in [6, 6.07) is 10.6. The molecule has 0 unspecified atom stereocenters. The first-order chi connectivity index (χ1) is 13.9. The highest BCUT2D eigenvalue weighted by Crippen LogP contribution is 2.26. The number of piperidine rings is 1. The van der Waals surface area contributed by atoms with Crippen LogP contribution in [0.2, 0.25) is 0 Å². The van der Waals surface area contributed by atoms with E-state index < -0.39 is 0 Å². The quantitative estimate of drug-likeness (QED) is 0.756. The number of aryl methyl sites for hydroxylation is 1. The van der Waals surface area contributed by atoms with Crippen LogP contribution in [0.3, 0.4) is 0 Å². The molecule has 0 saturated carbocycles. The highest BCUT2D eigenvalue weighted by molar-refractivity contribution is 5.96. The van der Waals surface area contributed by atoms with Crippen LogP contribution in [0.15, 0.2) is 36.4 Å². The van der Waals surface area contributed by atoms with Crippen LogP contribution in [-0.4, -0.2) is 44.0 Å². The molecule has 3 N–H and O–H groups in total. The first-order valence-electron chi connectivity index (χ1n) is 9.60. The predicted octanol–water partition coefficient (Wildman–Crippen LogP) is 3.09. The number of carbonyl (C=O) groups excluding carboxylic acids is 2. The Hall–Kier alpha value is -3.22. The van der Waals surface area contributed by atoms with Crippen molar-refractivity contribution >= 4 is 23.2 Å². The van der Waals surface area contributed by atoms with Gasteiger partial charge in [0, 0.05) is 42.0 Å². The Balaban J connectivity index is 1.62. The van der Waals surface area contributed by atoms with E-state index in [1.807, 2.05) is 19.1 Å². The fraction of sp³-hybridized carbons (Fsp3) is 0.364. The van der Waals surface area contributed by atoms with E-state index in [4.69, 9.17) is 15.2 Å². The number of hydrogen-bond donors (Lipinski definition) is 2. The molecule has 29 heavy (non-hydrogen) atoms. The lowest BCUT2D eigenvalue weighted by molar-refractivity contribution is -0.121. The molecule has 1 saturated heterocycles. The Bertz CT molecular complexity index is 883. The summed E-state index contributed by atoms with van der Waals surface area (Å²) in [6.45, 7) is 2.97. The second-order valence-electron chi connectivity index (χ2n) is 7.23. The number of carbonyl (C=O) groups is 2. The monoisotopic (exact) mass is 397 g/mol. The number of ether oxygens (including phenoxy) is 2. The smallest absolute Gasteiger partial charge is 0.254 e. The number of rotatable bonds is 5. The van der Waals surface area contributed by atoms with E-state index in [1.54, 1.807) is 43.4 Å². The maximum atomic E-state index is 12.9. The zero-order valence-corrected chi connectivity index (χ0v) is 17.0. The molecule has 1 fully saturated rings. The molecule has 0 bridgehead atoms. The highest BCUT2D eigenvalue weighted by Gasteiger charge is 2.28. The molecule has 1 heterocycles. The lowest BCUT2D eigenvalue weighted by Gasteiger charge is -2.31. The highest BCUT2D eigenvalue weighted by atomic mass is 16.5. The number of nitrogens with two attached hydrogens (primary N) is 1. The average molecular weight is 397 g/mol. The van der Waals surface area contributed by atoms with Crippen molar-refractivity contribution in [1.29, 1.82) is 0 Å². The number of benzene rings is 2. The van der Waals surface area contributed by atoms with E-state index in [0.717, 1.165) is 11.3 Å². The molecule has 0 aromatic heterocycles. The van der Waals surface area contributed by atoms with Gasteiger partial charge in [-0.1, -0.05) is 6.07 Å². The molecule has 1 aliphatic heterocycles. The van der Waals surface area contributed by atoms with Crippen LogP contribution in [0.25, 0.3) is 0 Å². The van der Waals surface area contributed by atoms with Crippen molar-refractivity contribution in [3.63, 3.8) is 0 Å². The van der Waals surface area contributed by atoms with E-state index in [0.29, 0.717) is 48.7 Å². The maximum absolute atomic E-state index is 12.9. The van der Waals surface area contributed by atoms with Gasteiger partial charge in [0.25, 0.3) is 5.91 Å². The number of methoxy groups -OCH3 is 2. The topological polar surface area (TPSA) is 93.9 Å². The van der Waals surface area contributed by atoms with Crippen LogP contribution >= 0.6 is 0 Å². The molecular weight excluding hydrogens is 370 g/mol. The molecule has 0 radical (unpaired) electrons. The van der Waals surface area contributed by atoms with Gasteiger partial charge in [-0.15, -0.1) is 0 Å². The van der Waals surface area contributed by atoms with Gasteiger partial charge in [0.05, 0.1) is 14.2 Å². The number of nitrogens with one attached hydrogen (secondary N) is 1. The SMILES string of the molecule is COc1cc(OC)cc(C(=O)N2CCC(C(=O)Nc3cc(N)ccc3C)CC2)c1. The number of amides is 2. The first-order valence-corrected chi connectivity index (χ1v) is 9.60. The largest absolute Gasteiger partial charge is 0.497 e. The molecule has 154 valence electrons. The molecule has 0 spiro atoms. The molecule has 2 amide bonds. The second kappa shape index (κ2) is 8.86. The van der Waals surface area contributed by atoms with Crippen LogP contribution in [0.4, 0.5) is 11.4 Å². The van der Waals surface area contributed by atoms with Crippen molar-refractivity contribution in [2.45, 2.75) is 19.8 Å². The van der Waals surface area contributed by atoms with Gasteiger partial charge in [-0.25, -0.2) is 0 Å². The molecule has 2 aromatic rings. The van der Waals surface area contributed by atoms with Gasteiger partial charge in [0.15, 0.2) is 0 Å². The van der Waals surface area contributed by atoms with Crippen molar-refractivity contribution in [1.82, 2.24) is 4.90 Å². The summed E-state index contributed by atoms with van der Waals surface area (Å²) >= 11 is 0. The van der Waals surface area contributed by atoms with E-state index in [-0.39, 0.29) is 17.7 Å². The summed E-state index contributed by atoms with van der Waals surface area (Å²) < 4.78 is 10.5. The van der Waals surface area contributed by atoms with Crippen LogP contribution in [0.5, 0.6) is 11.5 Å². The molecule has 7 heteroatoms. The van der Waals surface area contributed by atoms with E-state index in [1.165, 1.54) is 0 Å². The molecule has 0 atom stereocenters. The van der Waals surface area contributed by atoms with Crippen molar-refractivity contribution in [3.8, 4) is 11.5 Å². The van der Waals surface area contributed by atoms with Crippen molar-refractivity contribution in [3.05, 3.63) is 47.5 Å². The molecule has 0 aliphatic carbocycles. The van der Waals surface area contributed by atoms with Gasteiger partial charge in [-0.3, -0.25) is 9.59 Å². The summed E-state index contributed by atoms with van der Waals surface area (Å²) in [5.41, 5.74) is 8.64. The van der Waals surface area contributed by atoms with Crippen molar-refractivity contribution in [2.75, 3.05) is 38.4 Å². The molecule has 7 nitrogen and oxygen atoms in total. The Kier molecular flexibility index (Phi) is 6.26.